The van der Waals surface area contributed by atoms with E-state index in [2.05, 4.69) is 0 Å². The van der Waals surface area contributed by atoms with E-state index in [0.29, 0.717) is 26.9 Å². The molecular formula is C25H18Cl2O5. The van der Waals surface area contributed by atoms with Gasteiger partial charge in [0, 0.05) is 10.6 Å². The van der Waals surface area contributed by atoms with Crippen molar-refractivity contribution in [3.8, 4) is 22.8 Å². The van der Waals surface area contributed by atoms with Crippen LogP contribution in [-0.2, 0) is 4.79 Å². The van der Waals surface area contributed by atoms with Crippen LogP contribution in [0.5, 0.6) is 11.5 Å². The molecule has 0 amide bonds. The Hall–Kier alpha value is -3.28. The Morgan fingerprint density at radius 1 is 0.969 bits per heavy atom. The molecule has 32 heavy (non-hydrogen) atoms. The van der Waals surface area contributed by atoms with Crippen LogP contribution >= 0.6 is 23.2 Å². The Bertz CT molecular complexity index is 1370. The second kappa shape index (κ2) is 9.07. The summed E-state index contributed by atoms with van der Waals surface area (Å²) in [6, 6.07) is 17.1. The van der Waals surface area contributed by atoms with Gasteiger partial charge in [0.15, 0.2) is 12.4 Å². The second-order valence-electron chi connectivity index (χ2n) is 7.30. The van der Waals surface area contributed by atoms with Gasteiger partial charge in [-0.1, -0.05) is 41.4 Å². The number of ether oxygens (including phenoxy) is 2. The lowest BCUT2D eigenvalue weighted by molar-refractivity contribution is -0.136. The fraction of sp³-hybridized carbons (Fsp3) is 0.120. The third kappa shape index (κ3) is 4.64. The minimum atomic E-state index is -0.758. The zero-order valence-corrected chi connectivity index (χ0v) is 18.8. The van der Waals surface area contributed by atoms with Gasteiger partial charge < -0.3 is 13.9 Å². The van der Waals surface area contributed by atoms with Crippen molar-refractivity contribution in [3.63, 3.8) is 0 Å². The number of halogens is 2. The molecule has 0 aliphatic heterocycles. The molecule has 0 aliphatic rings. The van der Waals surface area contributed by atoms with Crippen molar-refractivity contribution < 1.29 is 18.7 Å². The number of benzene rings is 3. The van der Waals surface area contributed by atoms with Crippen LogP contribution < -0.4 is 14.9 Å². The van der Waals surface area contributed by atoms with E-state index in [9.17, 15) is 9.59 Å². The number of aryl methyl sites for hydroxylation is 2. The third-order valence-corrected chi connectivity index (χ3v) is 5.26. The number of rotatable bonds is 5. The first kappa shape index (κ1) is 21.9. The van der Waals surface area contributed by atoms with Crippen molar-refractivity contribution in [1.29, 1.82) is 0 Å². The van der Waals surface area contributed by atoms with Gasteiger partial charge in [-0.3, -0.25) is 4.79 Å². The minimum absolute atomic E-state index is 0.0511. The zero-order chi connectivity index (χ0) is 22.8. The van der Waals surface area contributed by atoms with Crippen molar-refractivity contribution in [2.75, 3.05) is 6.61 Å². The molecule has 5 nitrogen and oxygen atoms in total. The smallest absolute Gasteiger partial charge is 0.349 e. The van der Waals surface area contributed by atoms with Crippen LogP contribution in [0.3, 0.4) is 0 Å². The summed E-state index contributed by atoms with van der Waals surface area (Å²) in [5.41, 5.74) is 2.17. The first-order valence-corrected chi connectivity index (χ1v) is 10.5. The minimum Gasteiger partial charge on any atom is -0.482 e. The molecule has 0 saturated heterocycles. The fourth-order valence-corrected chi connectivity index (χ4v) is 3.76. The third-order valence-electron chi connectivity index (χ3n) is 4.70. The normalized spacial score (nSPS) is 10.9. The highest BCUT2D eigenvalue weighted by Crippen LogP contribution is 2.35. The van der Waals surface area contributed by atoms with Crippen molar-refractivity contribution in [2.24, 2.45) is 0 Å². The number of carbonyl (C=O) groups is 1. The number of esters is 1. The number of hydrogen-bond acceptors (Lipinski definition) is 5. The summed E-state index contributed by atoms with van der Waals surface area (Å²) in [6.07, 6.45) is 0. The predicted molar refractivity (Wildman–Crippen MR) is 125 cm³/mol. The van der Waals surface area contributed by atoms with Gasteiger partial charge in [-0.05, 0) is 67.4 Å². The summed E-state index contributed by atoms with van der Waals surface area (Å²) < 4.78 is 16.9. The average Bonchev–Trinajstić information content (AvgIpc) is 2.74. The summed E-state index contributed by atoms with van der Waals surface area (Å²) in [5, 5.41) is 0.879. The van der Waals surface area contributed by atoms with Crippen LogP contribution in [-0.4, -0.2) is 12.6 Å². The quantitative estimate of drug-likeness (QED) is 0.318. The van der Waals surface area contributed by atoms with Gasteiger partial charge in [-0.2, -0.15) is 0 Å². The molecule has 1 heterocycles. The van der Waals surface area contributed by atoms with Crippen LogP contribution in [0, 0.1) is 13.8 Å². The molecule has 162 valence electrons. The molecule has 0 saturated carbocycles. The van der Waals surface area contributed by atoms with Gasteiger partial charge in [0.25, 0.3) is 0 Å². The van der Waals surface area contributed by atoms with Crippen molar-refractivity contribution >= 4 is 40.1 Å². The molecule has 4 rings (SSSR count). The van der Waals surface area contributed by atoms with Crippen molar-refractivity contribution in [1.82, 2.24) is 0 Å². The topological polar surface area (TPSA) is 65.7 Å². The largest absolute Gasteiger partial charge is 0.482 e. The van der Waals surface area contributed by atoms with E-state index >= 15 is 0 Å². The Balaban J connectivity index is 1.72. The van der Waals surface area contributed by atoms with Gasteiger partial charge in [0.2, 0.25) is 11.2 Å². The molecule has 0 aliphatic carbocycles. The Morgan fingerprint density at radius 3 is 2.41 bits per heavy atom. The van der Waals surface area contributed by atoms with Gasteiger partial charge in [0.1, 0.15) is 11.3 Å². The van der Waals surface area contributed by atoms with E-state index in [0.717, 1.165) is 11.1 Å². The molecule has 0 fully saturated rings. The van der Waals surface area contributed by atoms with E-state index in [1.54, 1.807) is 36.4 Å². The van der Waals surface area contributed by atoms with Crippen LogP contribution in [0.2, 0.25) is 10.0 Å². The summed E-state index contributed by atoms with van der Waals surface area (Å²) in [7, 11) is 0. The maximum atomic E-state index is 13.2. The van der Waals surface area contributed by atoms with Gasteiger partial charge in [-0.25, -0.2) is 4.79 Å². The van der Waals surface area contributed by atoms with E-state index < -0.39 is 18.0 Å². The molecule has 4 aromatic rings. The highest BCUT2D eigenvalue weighted by Gasteiger charge is 2.22. The zero-order valence-electron chi connectivity index (χ0n) is 17.3. The maximum absolute atomic E-state index is 13.2. The molecule has 3 aromatic carbocycles. The molecule has 7 heteroatoms. The predicted octanol–water partition coefficient (Wildman–Crippen LogP) is 6.37. The maximum Gasteiger partial charge on any atom is 0.349 e. The highest BCUT2D eigenvalue weighted by molar-refractivity contribution is 6.33. The summed E-state index contributed by atoms with van der Waals surface area (Å²) in [6.45, 7) is 3.47. The molecule has 0 unspecified atom stereocenters. The molecule has 0 radical (unpaired) electrons. The highest BCUT2D eigenvalue weighted by atomic mass is 35.5. The molecule has 0 atom stereocenters. The number of carbonyl (C=O) groups excluding carboxylic acids is 1. The SMILES string of the molecule is Cc1cc(C)cc(OCC(=O)Oc2c(-c3ccccc3Cl)oc3ccc(Cl)cc3c2=O)c1. The Morgan fingerprint density at radius 2 is 1.69 bits per heavy atom. The Kier molecular flexibility index (Phi) is 6.21. The first-order valence-electron chi connectivity index (χ1n) is 9.75. The average molecular weight is 469 g/mol. The van der Waals surface area contributed by atoms with E-state index in [1.807, 2.05) is 32.0 Å². The fourth-order valence-electron chi connectivity index (χ4n) is 3.37. The molecule has 0 bridgehead atoms. The van der Waals surface area contributed by atoms with Crippen LogP contribution in [0.4, 0.5) is 0 Å². The second-order valence-corrected chi connectivity index (χ2v) is 8.14. The lowest BCUT2D eigenvalue weighted by Crippen LogP contribution is -2.22. The molecule has 0 N–H and O–H groups in total. The monoisotopic (exact) mass is 468 g/mol. The lowest BCUT2D eigenvalue weighted by atomic mass is 10.1. The van der Waals surface area contributed by atoms with E-state index in [1.165, 1.54) is 6.07 Å². The van der Waals surface area contributed by atoms with Crippen molar-refractivity contribution in [3.05, 3.63) is 92.1 Å². The van der Waals surface area contributed by atoms with Crippen LogP contribution in [0.1, 0.15) is 11.1 Å². The van der Waals surface area contributed by atoms with E-state index in [4.69, 9.17) is 37.1 Å². The standard InChI is InChI=1S/C25H18Cl2O5/c1-14-9-15(2)11-17(10-14)30-13-22(28)32-25-23(29)19-12-16(26)7-8-21(19)31-24(25)18-5-3-4-6-20(18)27/h3-12H,13H2,1-2H3. The van der Waals surface area contributed by atoms with Crippen LogP contribution in [0.15, 0.2) is 69.9 Å². The van der Waals surface area contributed by atoms with E-state index in [-0.39, 0.29) is 16.9 Å². The number of fused-ring (bicyclic) bond motifs is 1. The van der Waals surface area contributed by atoms with Gasteiger partial charge >= 0.3 is 5.97 Å². The van der Waals surface area contributed by atoms with Gasteiger partial charge in [0.05, 0.1) is 10.4 Å². The van der Waals surface area contributed by atoms with Crippen LogP contribution in [0.25, 0.3) is 22.3 Å². The lowest BCUT2D eigenvalue weighted by Gasteiger charge is -2.12. The molecular weight excluding hydrogens is 451 g/mol. The molecule has 0 spiro atoms. The molecule has 1 aromatic heterocycles. The number of hydrogen-bond donors (Lipinski definition) is 0. The summed E-state index contributed by atoms with van der Waals surface area (Å²) in [4.78, 5) is 25.8. The first-order chi connectivity index (χ1) is 15.3. The Labute approximate surface area is 194 Å². The van der Waals surface area contributed by atoms with Gasteiger partial charge in [-0.15, -0.1) is 0 Å². The summed E-state index contributed by atoms with van der Waals surface area (Å²) in [5.74, 6) is -0.452. The van der Waals surface area contributed by atoms with Crippen molar-refractivity contribution in [2.45, 2.75) is 13.8 Å². The summed E-state index contributed by atoms with van der Waals surface area (Å²) >= 11 is 12.4.